The quantitative estimate of drug-likeness (QED) is 0.801. The smallest absolute Gasteiger partial charge is 0.313 e. The van der Waals surface area contributed by atoms with E-state index in [1.54, 1.807) is 18.2 Å². The first kappa shape index (κ1) is 19.1. The lowest BCUT2D eigenvalue weighted by Gasteiger charge is -2.25. The summed E-state index contributed by atoms with van der Waals surface area (Å²) in [6.45, 7) is 1.48. The number of nitrogens with one attached hydrogen (secondary N) is 1. The van der Waals surface area contributed by atoms with Gasteiger partial charge in [-0.2, -0.15) is 0 Å². The monoisotopic (exact) mass is 395 g/mol. The van der Waals surface area contributed by atoms with Crippen LogP contribution in [0.4, 0.5) is 14.5 Å². The van der Waals surface area contributed by atoms with Gasteiger partial charge in [0.05, 0.1) is 11.6 Å². The standard InChI is InChI=1S/C19H16ClF2NO4/c1-10(18(24)23-16-4-3-14(21)8-15(16)22)27-19(25)12-6-11-7-13(20)2-5-17(11)26-9-12/h2-5,7-8,10,12H,6,9H2,1H3,(H,23,24)/t10-,12+/m0/s1. The predicted octanol–water partition coefficient (Wildman–Crippen LogP) is 3.74. The molecule has 0 saturated heterocycles. The van der Waals surface area contributed by atoms with Gasteiger partial charge in [0.15, 0.2) is 6.10 Å². The molecule has 1 amide bonds. The Balaban J connectivity index is 1.59. The second-order valence-corrected chi connectivity index (χ2v) is 6.59. The summed E-state index contributed by atoms with van der Waals surface area (Å²) in [6.07, 6.45) is -0.793. The first-order valence-electron chi connectivity index (χ1n) is 8.21. The summed E-state index contributed by atoms with van der Waals surface area (Å²) in [5.41, 5.74) is 0.579. The molecule has 0 aromatic heterocycles. The zero-order valence-electron chi connectivity index (χ0n) is 14.3. The maximum atomic E-state index is 13.6. The van der Waals surface area contributed by atoms with E-state index in [4.69, 9.17) is 21.1 Å². The van der Waals surface area contributed by atoms with Gasteiger partial charge in [0.25, 0.3) is 5.91 Å². The molecule has 0 radical (unpaired) electrons. The Labute approximate surface area is 159 Å². The zero-order valence-corrected chi connectivity index (χ0v) is 15.1. The van der Waals surface area contributed by atoms with Crippen LogP contribution >= 0.6 is 11.6 Å². The molecule has 142 valence electrons. The van der Waals surface area contributed by atoms with Gasteiger partial charge in [-0.15, -0.1) is 0 Å². The van der Waals surface area contributed by atoms with Gasteiger partial charge >= 0.3 is 5.97 Å². The summed E-state index contributed by atoms with van der Waals surface area (Å²) in [5, 5.41) is 2.79. The Morgan fingerprint density at radius 2 is 2.04 bits per heavy atom. The number of benzene rings is 2. The number of rotatable bonds is 4. The molecule has 2 aromatic carbocycles. The Morgan fingerprint density at radius 1 is 1.26 bits per heavy atom. The Morgan fingerprint density at radius 3 is 2.78 bits per heavy atom. The number of hydrogen-bond donors (Lipinski definition) is 1. The van der Waals surface area contributed by atoms with Crippen LogP contribution in [0.3, 0.4) is 0 Å². The van der Waals surface area contributed by atoms with E-state index in [1.165, 1.54) is 6.92 Å². The third-order valence-corrected chi connectivity index (χ3v) is 4.35. The summed E-state index contributed by atoms with van der Waals surface area (Å²) in [4.78, 5) is 24.4. The molecular weight excluding hydrogens is 380 g/mol. The van der Waals surface area contributed by atoms with Crippen molar-refractivity contribution in [3.8, 4) is 5.75 Å². The van der Waals surface area contributed by atoms with Crippen LogP contribution in [0.15, 0.2) is 36.4 Å². The lowest BCUT2D eigenvalue weighted by molar-refractivity contribution is -0.158. The molecule has 0 unspecified atom stereocenters. The van der Waals surface area contributed by atoms with Gasteiger partial charge in [-0.05, 0) is 49.2 Å². The van der Waals surface area contributed by atoms with Crippen molar-refractivity contribution in [1.29, 1.82) is 0 Å². The normalized spacial score (nSPS) is 16.7. The van der Waals surface area contributed by atoms with E-state index in [9.17, 15) is 18.4 Å². The number of ether oxygens (including phenoxy) is 2. The second kappa shape index (κ2) is 7.92. The highest BCUT2D eigenvalue weighted by molar-refractivity contribution is 6.30. The summed E-state index contributed by atoms with van der Waals surface area (Å²) in [6, 6.07) is 7.88. The van der Waals surface area contributed by atoms with Crippen molar-refractivity contribution in [2.75, 3.05) is 11.9 Å². The van der Waals surface area contributed by atoms with Crippen LogP contribution in [-0.4, -0.2) is 24.6 Å². The van der Waals surface area contributed by atoms with Gasteiger partial charge in [0, 0.05) is 11.1 Å². The van der Waals surface area contributed by atoms with Crippen molar-refractivity contribution in [3.05, 3.63) is 58.6 Å². The van der Waals surface area contributed by atoms with Crippen LogP contribution in [0.1, 0.15) is 12.5 Å². The third kappa shape index (κ3) is 4.54. The first-order valence-corrected chi connectivity index (χ1v) is 8.59. The van der Waals surface area contributed by atoms with E-state index < -0.39 is 35.5 Å². The van der Waals surface area contributed by atoms with Crippen LogP contribution in [-0.2, 0) is 20.7 Å². The fourth-order valence-electron chi connectivity index (χ4n) is 2.66. The van der Waals surface area contributed by atoms with Gasteiger partial charge in [0.2, 0.25) is 0 Å². The number of halogens is 3. The first-order chi connectivity index (χ1) is 12.8. The number of esters is 1. The highest BCUT2D eigenvalue weighted by Crippen LogP contribution is 2.30. The van der Waals surface area contributed by atoms with E-state index in [0.717, 1.165) is 17.7 Å². The second-order valence-electron chi connectivity index (χ2n) is 6.16. The molecule has 5 nitrogen and oxygen atoms in total. The van der Waals surface area contributed by atoms with Crippen LogP contribution in [0.25, 0.3) is 0 Å². The van der Waals surface area contributed by atoms with Gasteiger partial charge in [-0.1, -0.05) is 11.6 Å². The zero-order chi connectivity index (χ0) is 19.6. The number of amides is 1. The highest BCUT2D eigenvalue weighted by Gasteiger charge is 2.30. The Bertz CT molecular complexity index is 890. The molecule has 0 fully saturated rings. The molecule has 1 heterocycles. The van der Waals surface area contributed by atoms with Gasteiger partial charge in [0.1, 0.15) is 24.0 Å². The van der Waals surface area contributed by atoms with Gasteiger partial charge in [-0.3, -0.25) is 9.59 Å². The molecule has 0 aliphatic carbocycles. The molecule has 1 N–H and O–H groups in total. The highest BCUT2D eigenvalue weighted by atomic mass is 35.5. The number of carbonyl (C=O) groups is 2. The molecule has 0 bridgehead atoms. The minimum atomic E-state index is -1.16. The molecule has 2 aromatic rings. The SMILES string of the molecule is C[C@H](OC(=O)[C@H]1COc2ccc(Cl)cc2C1)C(=O)Nc1ccc(F)cc1F. The number of anilines is 1. The lowest BCUT2D eigenvalue weighted by Crippen LogP contribution is -2.36. The molecule has 1 aliphatic rings. The van der Waals surface area contributed by atoms with E-state index in [-0.39, 0.29) is 12.3 Å². The van der Waals surface area contributed by atoms with Gasteiger partial charge in [-0.25, -0.2) is 8.78 Å². The van der Waals surface area contributed by atoms with E-state index in [0.29, 0.717) is 23.3 Å². The Kier molecular flexibility index (Phi) is 5.60. The van der Waals surface area contributed by atoms with Crippen LogP contribution in [0.2, 0.25) is 5.02 Å². The number of fused-ring (bicyclic) bond motifs is 1. The van der Waals surface area contributed by atoms with E-state index in [1.807, 2.05) is 0 Å². The molecule has 27 heavy (non-hydrogen) atoms. The summed E-state index contributed by atoms with van der Waals surface area (Å²) in [5.74, 6) is -2.95. The molecule has 0 saturated carbocycles. The van der Waals surface area contributed by atoms with Crippen LogP contribution < -0.4 is 10.1 Å². The van der Waals surface area contributed by atoms with Crippen LogP contribution in [0.5, 0.6) is 5.75 Å². The molecular formula is C19H16ClF2NO4. The third-order valence-electron chi connectivity index (χ3n) is 4.11. The minimum absolute atomic E-state index is 0.119. The molecule has 2 atom stereocenters. The van der Waals surface area contributed by atoms with E-state index >= 15 is 0 Å². The average molecular weight is 396 g/mol. The fraction of sp³-hybridized carbons (Fsp3) is 0.263. The van der Waals surface area contributed by atoms with Crippen molar-refractivity contribution < 1.29 is 27.8 Å². The fourth-order valence-corrected chi connectivity index (χ4v) is 2.86. The molecule has 0 spiro atoms. The maximum Gasteiger partial charge on any atom is 0.313 e. The van der Waals surface area contributed by atoms with Gasteiger partial charge < -0.3 is 14.8 Å². The average Bonchev–Trinajstić information content (AvgIpc) is 2.63. The minimum Gasteiger partial charge on any atom is -0.492 e. The van der Waals surface area contributed by atoms with Crippen molar-refractivity contribution in [1.82, 2.24) is 0 Å². The van der Waals surface area contributed by atoms with Crippen molar-refractivity contribution >= 4 is 29.2 Å². The molecule has 1 aliphatic heterocycles. The Hall–Kier alpha value is -2.67. The summed E-state index contributed by atoms with van der Waals surface area (Å²) in [7, 11) is 0. The topological polar surface area (TPSA) is 64.6 Å². The number of carbonyl (C=O) groups excluding carboxylic acids is 2. The molecule has 3 rings (SSSR count). The predicted molar refractivity (Wildman–Crippen MR) is 94.7 cm³/mol. The number of hydrogen-bond acceptors (Lipinski definition) is 4. The summed E-state index contributed by atoms with van der Waals surface area (Å²) >= 11 is 5.95. The van der Waals surface area contributed by atoms with Crippen molar-refractivity contribution in [2.24, 2.45) is 5.92 Å². The molecule has 8 heteroatoms. The van der Waals surface area contributed by atoms with E-state index in [2.05, 4.69) is 5.32 Å². The maximum absolute atomic E-state index is 13.6. The van der Waals surface area contributed by atoms with Crippen LogP contribution in [0, 0.1) is 17.6 Å². The van der Waals surface area contributed by atoms with Crippen molar-refractivity contribution in [3.63, 3.8) is 0 Å². The summed E-state index contributed by atoms with van der Waals surface area (Å²) < 4.78 is 37.2. The largest absolute Gasteiger partial charge is 0.492 e. The van der Waals surface area contributed by atoms with Crippen molar-refractivity contribution in [2.45, 2.75) is 19.4 Å². The lowest BCUT2D eigenvalue weighted by atomic mass is 9.97.